The molecule has 6 nitrogen and oxygen atoms in total. The number of nitrogens with one attached hydrogen (secondary N) is 1. The molecule has 2 atom stereocenters. The Bertz CT molecular complexity index is 230. The van der Waals surface area contributed by atoms with Crippen LogP contribution >= 0.6 is 0 Å². The maximum atomic E-state index is 11.3. The van der Waals surface area contributed by atoms with Gasteiger partial charge in [0.2, 0.25) is 5.91 Å². The Labute approximate surface area is 88.5 Å². The average Bonchev–Trinajstić information content (AvgIpc) is 2.12. The van der Waals surface area contributed by atoms with Gasteiger partial charge in [-0.2, -0.15) is 0 Å². The van der Waals surface area contributed by atoms with E-state index in [0.29, 0.717) is 6.42 Å². The van der Waals surface area contributed by atoms with Gasteiger partial charge in [-0.05, 0) is 12.3 Å². The summed E-state index contributed by atoms with van der Waals surface area (Å²) in [6.07, 6.45) is -1.06. The number of aliphatic carboxylic acids is 1. The monoisotopic (exact) mass is 218 g/mol. The molecule has 1 amide bonds. The van der Waals surface area contributed by atoms with Gasteiger partial charge in [0.15, 0.2) is 6.10 Å². The topological polar surface area (TPSA) is 113 Å². The van der Waals surface area contributed by atoms with E-state index < -0.39 is 24.0 Å². The Morgan fingerprint density at radius 2 is 1.93 bits per heavy atom. The number of hydrogen-bond donors (Lipinski definition) is 4. The number of carboxylic acid groups (broad SMARTS) is 1. The number of carbonyl (C=O) groups excluding carboxylic acids is 1. The molecular weight excluding hydrogens is 200 g/mol. The van der Waals surface area contributed by atoms with Crippen LogP contribution in [-0.2, 0) is 9.59 Å². The molecule has 6 heteroatoms. The van der Waals surface area contributed by atoms with Gasteiger partial charge in [-0.25, -0.2) is 4.79 Å². The van der Waals surface area contributed by atoms with Crippen molar-refractivity contribution in [1.82, 2.24) is 5.32 Å². The molecule has 0 aliphatic heterocycles. The predicted octanol–water partition coefficient (Wildman–Crippen LogP) is -1.08. The molecule has 0 saturated carbocycles. The first-order valence-electron chi connectivity index (χ1n) is 4.78. The van der Waals surface area contributed by atoms with Gasteiger partial charge < -0.3 is 21.3 Å². The molecule has 0 aromatic heterocycles. The molecule has 0 aliphatic rings. The second kappa shape index (κ2) is 6.36. The molecule has 0 aromatic rings. The Balaban J connectivity index is 3.88. The minimum absolute atomic E-state index is 0.287. The number of nitrogens with two attached hydrogens (primary N) is 1. The van der Waals surface area contributed by atoms with Crippen molar-refractivity contribution in [2.75, 3.05) is 6.54 Å². The van der Waals surface area contributed by atoms with Crippen LogP contribution in [0.5, 0.6) is 0 Å². The molecule has 0 saturated heterocycles. The summed E-state index contributed by atoms with van der Waals surface area (Å²) in [7, 11) is 0. The van der Waals surface area contributed by atoms with Crippen LogP contribution in [0.4, 0.5) is 0 Å². The zero-order chi connectivity index (χ0) is 12.0. The summed E-state index contributed by atoms with van der Waals surface area (Å²) in [5.41, 5.74) is 5.54. The SMILES string of the molecule is CC(C)CC(N)C(=O)NC[C@H](O)C(=O)O. The van der Waals surface area contributed by atoms with E-state index in [2.05, 4.69) is 5.32 Å². The van der Waals surface area contributed by atoms with Crippen LogP contribution in [0.2, 0.25) is 0 Å². The van der Waals surface area contributed by atoms with Gasteiger partial charge >= 0.3 is 5.97 Å². The van der Waals surface area contributed by atoms with Crippen molar-refractivity contribution >= 4 is 11.9 Å². The highest BCUT2D eigenvalue weighted by Gasteiger charge is 2.18. The Morgan fingerprint density at radius 3 is 2.33 bits per heavy atom. The summed E-state index contributed by atoms with van der Waals surface area (Å²) >= 11 is 0. The first-order valence-corrected chi connectivity index (χ1v) is 4.78. The molecule has 0 spiro atoms. The van der Waals surface area contributed by atoms with Gasteiger partial charge in [0.25, 0.3) is 0 Å². The van der Waals surface area contributed by atoms with Crippen LogP contribution in [0.25, 0.3) is 0 Å². The van der Waals surface area contributed by atoms with E-state index in [0.717, 1.165) is 0 Å². The van der Waals surface area contributed by atoms with Crippen LogP contribution in [0.15, 0.2) is 0 Å². The van der Waals surface area contributed by atoms with Crippen LogP contribution < -0.4 is 11.1 Å². The maximum Gasteiger partial charge on any atom is 0.334 e. The molecule has 0 bridgehead atoms. The fourth-order valence-corrected chi connectivity index (χ4v) is 1.03. The van der Waals surface area contributed by atoms with E-state index in [4.69, 9.17) is 15.9 Å². The molecule has 0 fully saturated rings. The summed E-state index contributed by atoms with van der Waals surface area (Å²) in [6.45, 7) is 3.54. The smallest absolute Gasteiger partial charge is 0.334 e. The first kappa shape index (κ1) is 13.9. The minimum Gasteiger partial charge on any atom is -0.479 e. The van der Waals surface area contributed by atoms with Gasteiger partial charge in [0, 0.05) is 0 Å². The van der Waals surface area contributed by atoms with Gasteiger partial charge in [0.05, 0.1) is 12.6 Å². The summed E-state index contributed by atoms with van der Waals surface area (Å²) in [5.74, 6) is -1.52. The standard InChI is InChI=1S/C9H18N2O4/c1-5(2)3-6(10)8(13)11-4-7(12)9(14)15/h5-7,12H,3-4,10H2,1-2H3,(H,11,13)(H,14,15)/t6?,7-/m0/s1. The molecule has 0 aliphatic carbocycles. The number of carboxylic acids is 1. The zero-order valence-corrected chi connectivity index (χ0v) is 8.93. The Morgan fingerprint density at radius 1 is 1.40 bits per heavy atom. The second-order valence-corrected chi connectivity index (χ2v) is 3.84. The fraction of sp³-hybridized carbons (Fsp3) is 0.778. The highest BCUT2D eigenvalue weighted by molar-refractivity contribution is 5.82. The van der Waals surface area contributed by atoms with E-state index in [1.807, 2.05) is 13.8 Å². The first-order chi connectivity index (χ1) is 6.84. The summed E-state index contributed by atoms with van der Waals surface area (Å²) in [5, 5.41) is 19.5. The van der Waals surface area contributed by atoms with Crippen LogP contribution in [0.1, 0.15) is 20.3 Å². The maximum absolute atomic E-state index is 11.3. The molecule has 0 rings (SSSR count). The Hall–Kier alpha value is -1.14. The van der Waals surface area contributed by atoms with Gasteiger partial charge in [0.1, 0.15) is 0 Å². The second-order valence-electron chi connectivity index (χ2n) is 3.84. The quantitative estimate of drug-likeness (QED) is 0.453. The lowest BCUT2D eigenvalue weighted by Gasteiger charge is -2.14. The van der Waals surface area contributed by atoms with E-state index in [-0.39, 0.29) is 12.5 Å². The zero-order valence-electron chi connectivity index (χ0n) is 8.93. The van der Waals surface area contributed by atoms with Crippen LogP contribution in [0.3, 0.4) is 0 Å². The molecule has 0 aromatic carbocycles. The Kier molecular flexibility index (Phi) is 5.88. The summed E-state index contributed by atoms with van der Waals surface area (Å²) in [6, 6.07) is -0.661. The number of amides is 1. The van der Waals surface area contributed by atoms with Crippen LogP contribution in [-0.4, -0.2) is 40.8 Å². The molecule has 0 radical (unpaired) electrons. The third-order valence-corrected chi connectivity index (χ3v) is 1.82. The summed E-state index contributed by atoms with van der Waals surface area (Å²) < 4.78 is 0. The van der Waals surface area contributed by atoms with Gasteiger partial charge in [-0.1, -0.05) is 13.8 Å². The number of rotatable bonds is 6. The van der Waals surface area contributed by atoms with E-state index in [1.54, 1.807) is 0 Å². The predicted molar refractivity (Wildman–Crippen MR) is 54.1 cm³/mol. The largest absolute Gasteiger partial charge is 0.479 e. The lowest BCUT2D eigenvalue weighted by molar-refractivity contribution is -0.146. The van der Waals surface area contributed by atoms with E-state index in [9.17, 15) is 9.59 Å². The molecule has 1 unspecified atom stereocenters. The van der Waals surface area contributed by atoms with Crippen molar-refractivity contribution in [3.63, 3.8) is 0 Å². The number of hydrogen-bond acceptors (Lipinski definition) is 4. The van der Waals surface area contributed by atoms with Crippen molar-refractivity contribution in [1.29, 1.82) is 0 Å². The lowest BCUT2D eigenvalue weighted by Crippen LogP contribution is -2.45. The lowest BCUT2D eigenvalue weighted by atomic mass is 10.0. The number of aliphatic hydroxyl groups is 1. The number of carbonyl (C=O) groups is 2. The van der Waals surface area contributed by atoms with Gasteiger partial charge in [-0.15, -0.1) is 0 Å². The van der Waals surface area contributed by atoms with Crippen molar-refractivity contribution in [3.8, 4) is 0 Å². The van der Waals surface area contributed by atoms with Crippen molar-refractivity contribution in [3.05, 3.63) is 0 Å². The van der Waals surface area contributed by atoms with Gasteiger partial charge in [-0.3, -0.25) is 4.79 Å². The van der Waals surface area contributed by atoms with Crippen molar-refractivity contribution in [2.24, 2.45) is 11.7 Å². The number of aliphatic hydroxyl groups excluding tert-OH is 1. The third-order valence-electron chi connectivity index (χ3n) is 1.82. The minimum atomic E-state index is -1.58. The molecule has 0 heterocycles. The normalized spacial score (nSPS) is 14.7. The average molecular weight is 218 g/mol. The van der Waals surface area contributed by atoms with E-state index >= 15 is 0 Å². The molecule has 5 N–H and O–H groups in total. The molecule has 15 heavy (non-hydrogen) atoms. The third kappa shape index (κ3) is 6.03. The highest BCUT2D eigenvalue weighted by atomic mass is 16.4. The van der Waals surface area contributed by atoms with Crippen molar-refractivity contribution in [2.45, 2.75) is 32.4 Å². The molecular formula is C9H18N2O4. The molecule has 88 valence electrons. The fourth-order valence-electron chi connectivity index (χ4n) is 1.03. The highest BCUT2D eigenvalue weighted by Crippen LogP contribution is 2.02. The van der Waals surface area contributed by atoms with Crippen molar-refractivity contribution < 1.29 is 19.8 Å². The van der Waals surface area contributed by atoms with E-state index in [1.165, 1.54) is 0 Å². The summed E-state index contributed by atoms with van der Waals surface area (Å²) in [4.78, 5) is 21.5. The van der Waals surface area contributed by atoms with Crippen LogP contribution in [0, 0.1) is 5.92 Å².